The molecule has 1 heterocycles. The van der Waals surface area contributed by atoms with Crippen molar-refractivity contribution >= 4 is 17.4 Å². The molecule has 0 unspecified atom stereocenters. The molecule has 4 heteroatoms. The Kier molecular flexibility index (Phi) is 3.51. The molecule has 0 radical (unpaired) electrons. The van der Waals surface area contributed by atoms with Crippen molar-refractivity contribution in [1.82, 2.24) is 0 Å². The normalized spacial score (nSPS) is 13.7. The molecular formula is C17H13NO3. The number of rotatable bonds is 2. The summed E-state index contributed by atoms with van der Waals surface area (Å²) in [7, 11) is 1.40. The average molecular weight is 279 g/mol. The molecule has 0 fully saturated rings. The molecule has 1 aliphatic heterocycles. The summed E-state index contributed by atoms with van der Waals surface area (Å²) in [5.41, 5.74) is 2.61. The van der Waals surface area contributed by atoms with Gasteiger partial charge in [-0.2, -0.15) is 4.99 Å². The largest absolute Gasteiger partial charge is 0.476 e. The van der Waals surface area contributed by atoms with Crippen LogP contribution in [-0.2, 0) is 14.3 Å². The number of aliphatic imine (C=N–C) groups is 1. The van der Waals surface area contributed by atoms with Crippen LogP contribution in [0.25, 0.3) is 5.57 Å². The van der Waals surface area contributed by atoms with E-state index in [1.807, 2.05) is 60.7 Å². The molecule has 3 rings (SSSR count). The third kappa shape index (κ3) is 2.56. The highest BCUT2D eigenvalue weighted by atomic mass is 16.6. The topological polar surface area (TPSA) is 47.9 Å². The summed E-state index contributed by atoms with van der Waals surface area (Å²) in [4.78, 5) is 15.8. The fourth-order valence-electron chi connectivity index (χ4n) is 2.15. The average Bonchev–Trinajstić information content (AvgIpc) is 2.90. The number of methoxy groups -OCH3 is 1. The van der Waals surface area contributed by atoms with E-state index < -0.39 is 5.97 Å². The van der Waals surface area contributed by atoms with Crippen molar-refractivity contribution in [3.63, 3.8) is 0 Å². The van der Waals surface area contributed by atoms with Crippen molar-refractivity contribution in [3.8, 4) is 0 Å². The zero-order chi connectivity index (χ0) is 14.7. The van der Waals surface area contributed by atoms with Gasteiger partial charge in [-0.05, 0) is 11.1 Å². The molecule has 0 spiro atoms. The molecule has 1 aliphatic rings. The minimum atomic E-state index is -0.572. The molecule has 2 aromatic rings. The summed E-state index contributed by atoms with van der Waals surface area (Å²) in [5, 5.41) is 0. The lowest BCUT2D eigenvalue weighted by atomic mass is 9.98. The Morgan fingerprint density at radius 3 is 1.90 bits per heavy atom. The third-order valence-electron chi connectivity index (χ3n) is 3.10. The number of carbonyl (C=O) groups excluding carboxylic acids is 1. The van der Waals surface area contributed by atoms with Gasteiger partial charge in [0, 0.05) is 0 Å². The SMILES string of the molecule is COC1=NC(=C(c2ccccc2)c2ccccc2)OC1=O. The number of hydrogen-bond donors (Lipinski definition) is 0. The quantitative estimate of drug-likeness (QED) is 0.794. The van der Waals surface area contributed by atoms with Crippen LogP contribution in [0.2, 0.25) is 0 Å². The first-order valence-electron chi connectivity index (χ1n) is 6.49. The number of cyclic esters (lactones) is 1. The molecule has 0 saturated carbocycles. The van der Waals surface area contributed by atoms with E-state index >= 15 is 0 Å². The van der Waals surface area contributed by atoms with Crippen LogP contribution in [0.3, 0.4) is 0 Å². The summed E-state index contributed by atoms with van der Waals surface area (Å²) < 4.78 is 10.2. The summed E-state index contributed by atoms with van der Waals surface area (Å²) in [6.07, 6.45) is 0. The van der Waals surface area contributed by atoms with Gasteiger partial charge in [-0.25, -0.2) is 4.79 Å². The zero-order valence-corrected chi connectivity index (χ0v) is 11.4. The standard InChI is InChI=1S/C17H13NO3/c1-20-16-17(19)21-15(18-16)14(12-8-4-2-5-9-12)13-10-6-3-7-11-13/h2-11H,1H3. The molecule has 0 amide bonds. The third-order valence-corrected chi connectivity index (χ3v) is 3.10. The predicted molar refractivity (Wildman–Crippen MR) is 79.4 cm³/mol. The molecule has 21 heavy (non-hydrogen) atoms. The molecule has 0 saturated heterocycles. The van der Waals surface area contributed by atoms with Gasteiger partial charge < -0.3 is 9.47 Å². The van der Waals surface area contributed by atoms with Gasteiger partial charge in [0.1, 0.15) is 0 Å². The number of ether oxygens (including phenoxy) is 2. The molecular weight excluding hydrogens is 266 g/mol. The van der Waals surface area contributed by atoms with E-state index in [1.54, 1.807) is 0 Å². The fourth-order valence-corrected chi connectivity index (χ4v) is 2.15. The van der Waals surface area contributed by atoms with E-state index in [0.717, 1.165) is 16.7 Å². The van der Waals surface area contributed by atoms with E-state index in [1.165, 1.54) is 7.11 Å². The van der Waals surface area contributed by atoms with E-state index in [0.29, 0.717) is 0 Å². The van der Waals surface area contributed by atoms with Crippen molar-refractivity contribution in [3.05, 3.63) is 77.7 Å². The lowest BCUT2D eigenvalue weighted by Gasteiger charge is -2.09. The van der Waals surface area contributed by atoms with Gasteiger partial charge >= 0.3 is 11.9 Å². The number of carbonyl (C=O) groups is 1. The van der Waals surface area contributed by atoms with Gasteiger partial charge in [0.15, 0.2) is 0 Å². The number of nitrogens with zero attached hydrogens (tertiary/aromatic N) is 1. The van der Waals surface area contributed by atoms with Crippen molar-refractivity contribution in [2.24, 2.45) is 4.99 Å². The Morgan fingerprint density at radius 2 is 1.48 bits per heavy atom. The minimum absolute atomic E-state index is 0.0330. The second-order valence-corrected chi connectivity index (χ2v) is 4.42. The molecule has 0 aliphatic carbocycles. The van der Waals surface area contributed by atoms with Crippen molar-refractivity contribution < 1.29 is 14.3 Å². The van der Waals surface area contributed by atoms with E-state index in [-0.39, 0.29) is 11.8 Å². The van der Waals surface area contributed by atoms with E-state index in [4.69, 9.17) is 9.47 Å². The Hall–Kier alpha value is -2.88. The molecule has 0 N–H and O–H groups in total. The first-order valence-corrected chi connectivity index (χ1v) is 6.49. The Labute approximate surface area is 122 Å². The highest BCUT2D eigenvalue weighted by Gasteiger charge is 2.28. The molecule has 0 bridgehead atoms. The van der Waals surface area contributed by atoms with Crippen LogP contribution in [0.15, 0.2) is 71.5 Å². The van der Waals surface area contributed by atoms with Crippen LogP contribution in [0, 0.1) is 0 Å². The minimum Gasteiger partial charge on any atom is -0.476 e. The maximum Gasteiger partial charge on any atom is 0.401 e. The highest BCUT2D eigenvalue weighted by Crippen LogP contribution is 2.30. The van der Waals surface area contributed by atoms with Crippen LogP contribution < -0.4 is 0 Å². The summed E-state index contributed by atoms with van der Waals surface area (Å²) in [6.45, 7) is 0. The monoisotopic (exact) mass is 279 g/mol. The van der Waals surface area contributed by atoms with Crippen LogP contribution >= 0.6 is 0 Å². The molecule has 0 aromatic heterocycles. The summed E-state index contributed by atoms with van der Waals surface area (Å²) in [5.74, 6) is -0.347. The van der Waals surface area contributed by atoms with Crippen molar-refractivity contribution in [2.75, 3.05) is 7.11 Å². The first-order chi connectivity index (χ1) is 10.3. The zero-order valence-electron chi connectivity index (χ0n) is 11.4. The number of esters is 1. The van der Waals surface area contributed by atoms with Crippen molar-refractivity contribution in [2.45, 2.75) is 0 Å². The van der Waals surface area contributed by atoms with Crippen LogP contribution in [0.5, 0.6) is 0 Å². The molecule has 0 atom stereocenters. The molecule has 104 valence electrons. The molecule has 2 aromatic carbocycles. The maximum atomic E-state index is 11.7. The smallest absolute Gasteiger partial charge is 0.401 e. The van der Waals surface area contributed by atoms with Gasteiger partial charge in [-0.3, -0.25) is 0 Å². The molecule has 4 nitrogen and oxygen atoms in total. The Balaban J connectivity index is 2.19. The van der Waals surface area contributed by atoms with Crippen LogP contribution in [0.1, 0.15) is 11.1 Å². The Morgan fingerprint density at radius 1 is 0.952 bits per heavy atom. The second kappa shape index (κ2) is 5.63. The Bertz CT molecular complexity index is 677. The van der Waals surface area contributed by atoms with Crippen molar-refractivity contribution in [1.29, 1.82) is 0 Å². The van der Waals surface area contributed by atoms with Gasteiger partial charge in [0.2, 0.25) is 5.88 Å². The van der Waals surface area contributed by atoms with E-state index in [9.17, 15) is 4.79 Å². The van der Waals surface area contributed by atoms with Gasteiger partial charge in [-0.15, -0.1) is 0 Å². The van der Waals surface area contributed by atoms with Gasteiger partial charge in [0.25, 0.3) is 0 Å². The summed E-state index contributed by atoms with van der Waals surface area (Å²) in [6, 6.07) is 19.4. The van der Waals surface area contributed by atoms with Crippen LogP contribution in [0.4, 0.5) is 0 Å². The lowest BCUT2D eigenvalue weighted by molar-refractivity contribution is -0.131. The predicted octanol–water partition coefficient (Wildman–Crippen LogP) is 3.01. The number of hydrogen-bond acceptors (Lipinski definition) is 4. The van der Waals surface area contributed by atoms with Crippen LogP contribution in [-0.4, -0.2) is 19.0 Å². The number of benzene rings is 2. The maximum absolute atomic E-state index is 11.7. The summed E-state index contributed by atoms with van der Waals surface area (Å²) >= 11 is 0. The van der Waals surface area contributed by atoms with E-state index in [2.05, 4.69) is 4.99 Å². The fraction of sp³-hybridized carbons (Fsp3) is 0.0588. The lowest BCUT2D eigenvalue weighted by Crippen LogP contribution is -2.11. The van der Waals surface area contributed by atoms with Gasteiger partial charge in [-0.1, -0.05) is 60.7 Å². The first kappa shape index (κ1) is 13.1. The van der Waals surface area contributed by atoms with Gasteiger partial charge in [0.05, 0.1) is 12.7 Å². The second-order valence-electron chi connectivity index (χ2n) is 4.42. The highest BCUT2D eigenvalue weighted by molar-refractivity contribution is 6.34.